The molecule has 0 saturated carbocycles. The molecule has 0 bridgehead atoms. The zero-order valence-corrected chi connectivity index (χ0v) is 18.7. The fourth-order valence-electron chi connectivity index (χ4n) is 4.61. The van der Waals surface area contributed by atoms with E-state index in [9.17, 15) is 14.4 Å². The summed E-state index contributed by atoms with van der Waals surface area (Å²) in [5.74, 6) is -0.305. The standard InChI is InChI=1S/C23H24N6O3S/c1-2-17(30)28-11-3-4-14(12-28)26-21(31)20-19-18-16(9-10-25-22(18)33-20)29(23(32)27-19)15-7-5-13(24)6-8-15/h2,5-10,14,19-20H,1,3-4,11-12,24H2,(H,26,31)(H,27,32)/t14?,19?,20-/m1/s1. The molecule has 3 aliphatic rings. The van der Waals surface area contributed by atoms with E-state index < -0.39 is 11.3 Å². The number of likely N-dealkylation sites (tertiary alicyclic amines) is 1. The zero-order chi connectivity index (χ0) is 23.1. The van der Waals surface area contributed by atoms with Crippen LogP contribution < -0.4 is 21.3 Å². The molecule has 4 amide bonds. The number of nitrogens with one attached hydrogen (secondary N) is 2. The van der Waals surface area contributed by atoms with Crippen molar-refractivity contribution in [3.05, 3.63) is 54.7 Å². The second kappa shape index (κ2) is 8.43. The van der Waals surface area contributed by atoms with E-state index in [-0.39, 0.29) is 23.9 Å². The van der Waals surface area contributed by atoms with E-state index in [0.29, 0.717) is 30.2 Å². The Morgan fingerprint density at radius 3 is 2.82 bits per heavy atom. The lowest BCUT2D eigenvalue weighted by atomic mass is 9.99. The predicted octanol–water partition coefficient (Wildman–Crippen LogP) is 2.33. The number of nitrogen functional groups attached to an aromatic ring is 1. The van der Waals surface area contributed by atoms with Crippen LogP contribution in [0.25, 0.3) is 0 Å². The molecule has 0 radical (unpaired) electrons. The van der Waals surface area contributed by atoms with Crippen molar-refractivity contribution in [2.75, 3.05) is 23.7 Å². The highest BCUT2D eigenvalue weighted by atomic mass is 32.2. The van der Waals surface area contributed by atoms with Gasteiger partial charge in [-0.25, -0.2) is 9.78 Å². The van der Waals surface area contributed by atoms with Gasteiger partial charge in [-0.15, -0.1) is 0 Å². The Morgan fingerprint density at radius 2 is 2.06 bits per heavy atom. The number of urea groups is 1. The molecular weight excluding hydrogens is 440 g/mol. The number of pyridine rings is 1. The van der Waals surface area contributed by atoms with E-state index in [1.807, 2.05) is 0 Å². The smallest absolute Gasteiger partial charge is 0.327 e. The third-order valence-corrected chi connectivity index (χ3v) is 7.46. The van der Waals surface area contributed by atoms with E-state index in [2.05, 4.69) is 22.2 Å². The Morgan fingerprint density at radius 1 is 1.27 bits per heavy atom. The van der Waals surface area contributed by atoms with Crippen LogP contribution in [0.5, 0.6) is 0 Å². The largest absolute Gasteiger partial charge is 0.399 e. The lowest BCUT2D eigenvalue weighted by Crippen LogP contribution is -2.53. The van der Waals surface area contributed by atoms with Gasteiger partial charge in [-0.05, 0) is 49.2 Å². The first-order valence-electron chi connectivity index (χ1n) is 10.8. The predicted molar refractivity (Wildman–Crippen MR) is 126 cm³/mol. The Labute approximate surface area is 195 Å². The van der Waals surface area contributed by atoms with Crippen LogP contribution in [0.15, 0.2) is 54.2 Å². The Kier molecular flexibility index (Phi) is 5.45. The van der Waals surface area contributed by atoms with Crippen LogP contribution in [-0.4, -0.2) is 52.1 Å². The van der Waals surface area contributed by atoms with Crippen molar-refractivity contribution in [1.82, 2.24) is 20.5 Å². The quantitative estimate of drug-likeness (QED) is 0.472. The number of rotatable bonds is 4. The number of thioether (sulfide) groups is 1. The van der Waals surface area contributed by atoms with E-state index in [0.717, 1.165) is 23.4 Å². The zero-order valence-electron chi connectivity index (χ0n) is 17.9. The molecule has 1 aromatic heterocycles. The summed E-state index contributed by atoms with van der Waals surface area (Å²) in [7, 11) is 0. The van der Waals surface area contributed by atoms with E-state index in [1.54, 1.807) is 46.3 Å². The van der Waals surface area contributed by atoms with Crippen LogP contribution in [0.3, 0.4) is 0 Å². The molecule has 5 rings (SSSR count). The Hall–Kier alpha value is -3.53. The number of benzene rings is 1. The van der Waals surface area contributed by atoms with Gasteiger partial charge in [0.2, 0.25) is 11.8 Å². The molecule has 1 fully saturated rings. The van der Waals surface area contributed by atoms with Gasteiger partial charge in [0.1, 0.15) is 10.3 Å². The maximum absolute atomic E-state index is 13.3. The van der Waals surface area contributed by atoms with Crippen LogP contribution in [-0.2, 0) is 9.59 Å². The lowest BCUT2D eigenvalue weighted by molar-refractivity contribution is -0.129. The van der Waals surface area contributed by atoms with Crippen molar-refractivity contribution in [3.8, 4) is 0 Å². The minimum absolute atomic E-state index is 0.132. The Balaban J connectivity index is 1.38. The molecule has 3 aliphatic heterocycles. The van der Waals surface area contributed by atoms with Crippen LogP contribution in [0.1, 0.15) is 24.4 Å². The van der Waals surface area contributed by atoms with Gasteiger partial charge < -0.3 is 21.3 Å². The second-order valence-corrected chi connectivity index (χ2v) is 9.41. The number of carbonyl (C=O) groups is 3. The first kappa shape index (κ1) is 21.3. The van der Waals surface area contributed by atoms with Gasteiger partial charge in [-0.2, -0.15) is 0 Å². The summed E-state index contributed by atoms with van der Waals surface area (Å²) >= 11 is 1.35. The molecule has 3 atom stereocenters. The van der Waals surface area contributed by atoms with Gasteiger partial charge in [-0.3, -0.25) is 14.5 Å². The van der Waals surface area contributed by atoms with Gasteiger partial charge in [0, 0.05) is 36.6 Å². The summed E-state index contributed by atoms with van der Waals surface area (Å²) in [4.78, 5) is 46.1. The normalized spacial score (nSPS) is 23.5. The van der Waals surface area contributed by atoms with E-state index in [1.165, 1.54) is 17.8 Å². The molecule has 1 aromatic carbocycles. The van der Waals surface area contributed by atoms with Crippen molar-refractivity contribution >= 4 is 46.7 Å². The van der Waals surface area contributed by atoms with Crippen LogP contribution in [0.2, 0.25) is 0 Å². The molecule has 4 heterocycles. The summed E-state index contributed by atoms with van der Waals surface area (Å²) in [5, 5.41) is 6.26. The number of hydrogen-bond acceptors (Lipinski definition) is 6. The fraction of sp³-hybridized carbons (Fsp3) is 0.304. The monoisotopic (exact) mass is 464 g/mol. The van der Waals surface area contributed by atoms with Crippen molar-refractivity contribution in [2.24, 2.45) is 0 Å². The number of nitrogens with two attached hydrogens (primary N) is 1. The number of anilines is 3. The molecule has 4 N–H and O–H groups in total. The van der Waals surface area contributed by atoms with Crippen molar-refractivity contribution in [3.63, 3.8) is 0 Å². The number of nitrogens with zero attached hydrogens (tertiary/aromatic N) is 3. The highest BCUT2D eigenvalue weighted by Crippen LogP contribution is 2.50. The van der Waals surface area contributed by atoms with Gasteiger partial charge in [0.15, 0.2) is 0 Å². The number of aromatic nitrogens is 1. The number of amides is 4. The molecule has 0 spiro atoms. The van der Waals surface area contributed by atoms with Crippen molar-refractivity contribution in [1.29, 1.82) is 0 Å². The molecule has 1 saturated heterocycles. The summed E-state index contributed by atoms with van der Waals surface area (Å²) in [6.07, 6.45) is 4.56. The average Bonchev–Trinajstić information content (AvgIpc) is 3.19. The fourth-order valence-corrected chi connectivity index (χ4v) is 5.85. The highest BCUT2D eigenvalue weighted by Gasteiger charge is 2.47. The van der Waals surface area contributed by atoms with Crippen molar-refractivity contribution < 1.29 is 14.4 Å². The molecule has 9 nitrogen and oxygen atoms in total. The average molecular weight is 465 g/mol. The van der Waals surface area contributed by atoms with Crippen LogP contribution in [0, 0.1) is 0 Å². The molecule has 2 unspecified atom stereocenters. The van der Waals surface area contributed by atoms with E-state index in [4.69, 9.17) is 5.73 Å². The maximum atomic E-state index is 13.3. The van der Waals surface area contributed by atoms with Gasteiger partial charge >= 0.3 is 6.03 Å². The van der Waals surface area contributed by atoms with Gasteiger partial charge in [0.05, 0.1) is 17.4 Å². The molecule has 170 valence electrons. The first-order chi connectivity index (χ1) is 16.0. The first-order valence-corrected chi connectivity index (χ1v) is 11.7. The van der Waals surface area contributed by atoms with Crippen LogP contribution >= 0.6 is 11.8 Å². The lowest BCUT2D eigenvalue weighted by Gasteiger charge is -2.35. The molecule has 33 heavy (non-hydrogen) atoms. The number of piperidine rings is 1. The highest BCUT2D eigenvalue weighted by molar-refractivity contribution is 8.01. The summed E-state index contributed by atoms with van der Waals surface area (Å²) in [6, 6.07) is 7.91. The third-order valence-electron chi connectivity index (χ3n) is 6.17. The van der Waals surface area contributed by atoms with Crippen LogP contribution in [0.4, 0.5) is 21.9 Å². The number of carbonyl (C=O) groups excluding carboxylic acids is 3. The molecule has 0 aliphatic carbocycles. The third kappa shape index (κ3) is 3.80. The Bertz CT molecular complexity index is 1140. The molecule has 10 heteroatoms. The summed E-state index contributed by atoms with van der Waals surface area (Å²) in [6.45, 7) is 4.65. The second-order valence-electron chi connectivity index (χ2n) is 8.28. The maximum Gasteiger partial charge on any atom is 0.327 e. The summed E-state index contributed by atoms with van der Waals surface area (Å²) < 4.78 is 0. The summed E-state index contributed by atoms with van der Waals surface area (Å²) in [5.41, 5.74) is 8.64. The van der Waals surface area contributed by atoms with Gasteiger partial charge in [0.25, 0.3) is 0 Å². The molecule has 2 aromatic rings. The SMILES string of the molecule is C=CC(=O)N1CCCC(NC(=O)[C@@H]2Sc3nccc4c3C2NC(=O)N4c2ccc(N)cc2)C1. The van der Waals surface area contributed by atoms with Gasteiger partial charge in [-0.1, -0.05) is 18.3 Å². The minimum Gasteiger partial charge on any atom is -0.399 e. The topological polar surface area (TPSA) is 121 Å². The molecular formula is C23H24N6O3S. The van der Waals surface area contributed by atoms with E-state index >= 15 is 0 Å². The van der Waals surface area contributed by atoms with Crippen molar-refractivity contribution in [2.45, 2.75) is 35.2 Å². The minimum atomic E-state index is -0.545. The number of hydrogen-bond donors (Lipinski definition) is 3.